The summed E-state index contributed by atoms with van der Waals surface area (Å²) in [6.45, 7) is 0. The number of rotatable bonds is 14. The van der Waals surface area contributed by atoms with E-state index in [2.05, 4.69) is 507 Å². The minimum absolute atomic E-state index is 0.633. The maximum atomic E-state index is 5.32. The van der Waals surface area contributed by atoms with Crippen LogP contribution >= 0.6 is 0 Å². The predicted octanol–water partition coefficient (Wildman–Crippen LogP) is 33.3. The highest BCUT2D eigenvalue weighted by molar-refractivity contribution is 6.15. The molecule has 0 aliphatic rings. The van der Waals surface area contributed by atoms with Crippen LogP contribution in [0, 0.1) is 0 Å². The standard InChI is InChI=1S/C47H31N3.C45H29N5.C40H26N4/c1-2-12-34(13-3-1)47-37(32-22-26-35(27-23-32)49-43-18-8-4-14-38(43)39-15-5-9-19-44(39)49)30-31-42(48-47)33-24-28-36(29-25-33)50-45-20-10-6-16-40(45)41-17-7-11-21-46(41)50;1-2-12-30(13-3-1)43-46-44(31-22-26-33(27-23-31)49-39-18-8-4-14-35(39)36-15-5-9-19-40(36)49)48-45(47-43)32-24-28-34(29-25-32)50-41-20-10-6-16-37(41)38-17-7-11-21-42(38)50;1-5-13-36-32(9-1)33-10-2-6-14-37(33)43(36)30-21-17-27(18-22-30)29-25-41-40(42-26-29)28-19-23-31(24-20-28)44-38-15-7-3-11-34(38)35-12-4-8-16-39(35)44/h1-31H;1-29H;1-26H. The minimum atomic E-state index is 0.633. The summed E-state index contributed by atoms with van der Waals surface area (Å²) in [5, 5.41) is 15.1. The van der Waals surface area contributed by atoms with Crippen LogP contribution in [0.15, 0.2) is 522 Å². The van der Waals surface area contributed by atoms with Crippen LogP contribution in [-0.2, 0) is 0 Å². The van der Waals surface area contributed by atoms with Gasteiger partial charge < -0.3 is 27.4 Å². The van der Waals surface area contributed by atoms with E-state index in [1.165, 1.54) is 131 Å². The monoisotopic (exact) mass is 1840 g/mol. The third kappa shape index (κ3) is 14.6. The zero-order chi connectivity index (χ0) is 95.1. The molecule has 0 saturated carbocycles. The van der Waals surface area contributed by atoms with Crippen LogP contribution < -0.4 is 0 Å². The van der Waals surface area contributed by atoms with E-state index in [1.807, 2.05) is 42.7 Å². The Morgan fingerprint density at radius 3 is 0.569 bits per heavy atom. The van der Waals surface area contributed by atoms with E-state index in [-0.39, 0.29) is 0 Å². The van der Waals surface area contributed by atoms with E-state index in [9.17, 15) is 0 Å². The molecule has 29 aromatic rings. The molecule has 12 nitrogen and oxygen atoms in total. The summed E-state index contributed by atoms with van der Waals surface area (Å²) < 4.78 is 14.0. The van der Waals surface area contributed by atoms with Gasteiger partial charge in [-0.2, -0.15) is 0 Å². The van der Waals surface area contributed by atoms with Gasteiger partial charge in [0.05, 0.1) is 77.6 Å². The average Bonchev–Trinajstić information content (AvgIpc) is 1.61. The predicted molar refractivity (Wildman–Crippen MR) is 596 cm³/mol. The van der Waals surface area contributed by atoms with Crippen molar-refractivity contribution in [2.75, 3.05) is 0 Å². The molecule has 9 aromatic heterocycles. The van der Waals surface area contributed by atoms with E-state index < -0.39 is 0 Å². The summed E-state index contributed by atoms with van der Waals surface area (Å²) in [7, 11) is 0. The van der Waals surface area contributed by atoms with E-state index >= 15 is 0 Å². The molecule has 9 heterocycles. The Morgan fingerprint density at radius 1 is 0.125 bits per heavy atom. The van der Waals surface area contributed by atoms with Gasteiger partial charge in [-0.05, 0) is 199 Å². The van der Waals surface area contributed by atoms with E-state index in [0.717, 1.165) is 101 Å². The Labute approximate surface area is 828 Å². The lowest BCUT2D eigenvalue weighted by Gasteiger charge is -2.14. The first-order valence-corrected chi connectivity index (χ1v) is 48.7. The molecule has 0 atom stereocenters. The average molecular weight is 1840 g/mol. The summed E-state index contributed by atoms with van der Waals surface area (Å²) in [5.74, 6) is 2.62. The fraction of sp³-hybridized carbons (Fsp3) is 0. The fourth-order valence-electron chi connectivity index (χ4n) is 21.5. The summed E-state index contributed by atoms with van der Waals surface area (Å²) in [4.78, 5) is 29.8. The van der Waals surface area contributed by atoms with Gasteiger partial charge in [0.25, 0.3) is 0 Å². The number of hydrogen-bond donors (Lipinski definition) is 0. The fourth-order valence-corrected chi connectivity index (χ4v) is 21.5. The van der Waals surface area contributed by atoms with Gasteiger partial charge in [-0.15, -0.1) is 0 Å². The van der Waals surface area contributed by atoms with E-state index in [4.69, 9.17) is 29.9 Å². The first-order valence-electron chi connectivity index (χ1n) is 48.7. The first kappa shape index (κ1) is 83.8. The molecule has 0 aliphatic carbocycles. The molecule has 29 rings (SSSR count). The van der Waals surface area contributed by atoms with Crippen LogP contribution in [-0.4, -0.2) is 57.3 Å². The van der Waals surface area contributed by atoms with Gasteiger partial charge in [-0.1, -0.05) is 322 Å². The van der Waals surface area contributed by atoms with Gasteiger partial charge in [0.15, 0.2) is 23.3 Å². The molecular weight excluding hydrogens is 1750 g/mol. The second-order valence-corrected chi connectivity index (χ2v) is 36.4. The summed E-state index contributed by atoms with van der Waals surface area (Å²) in [6.07, 6.45) is 3.83. The minimum Gasteiger partial charge on any atom is -0.309 e. The molecule has 144 heavy (non-hydrogen) atoms. The third-order valence-corrected chi connectivity index (χ3v) is 28.2. The number of aromatic nitrogens is 12. The van der Waals surface area contributed by atoms with Crippen molar-refractivity contribution in [3.05, 3.63) is 522 Å². The molecule has 0 fully saturated rings. The Balaban J connectivity index is 0.000000108. The van der Waals surface area contributed by atoms with Crippen LogP contribution in [0.5, 0.6) is 0 Å². The van der Waals surface area contributed by atoms with Gasteiger partial charge in [0.2, 0.25) is 0 Å². The highest BCUT2D eigenvalue weighted by atomic mass is 15.1. The van der Waals surface area contributed by atoms with Crippen LogP contribution in [0.4, 0.5) is 0 Å². The quantitative estimate of drug-likeness (QED) is 0.107. The van der Waals surface area contributed by atoms with Crippen LogP contribution in [0.1, 0.15) is 0 Å². The van der Waals surface area contributed by atoms with Gasteiger partial charge in [-0.3, -0.25) is 0 Å². The van der Waals surface area contributed by atoms with Crippen molar-refractivity contribution in [2.24, 2.45) is 0 Å². The van der Waals surface area contributed by atoms with Gasteiger partial charge in [0, 0.05) is 156 Å². The molecule has 0 unspecified atom stereocenters. The van der Waals surface area contributed by atoms with E-state index in [0.29, 0.717) is 23.3 Å². The number of benzene rings is 20. The first-order chi connectivity index (χ1) is 71.4. The third-order valence-electron chi connectivity index (χ3n) is 28.2. The molecule has 0 aliphatic heterocycles. The lowest BCUT2D eigenvalue weighted by molar-refractivity contribution is 1.07. The molecule has 12 heteroatoms. The number of hydrogen-bond acceptors (Lipinski definition) is 6. The van der Waals surface area contributed by atoms with Gasteiger partial charge in [-0.25, -0.2) is 29.9 Å². The SMILES string of the molecule is c1ccc(-c2nc(-c3ccc(-n4c5ccccc5c5ccccc54)cc3)ccc2-c2ccc(-n3c4ccccc4c4ccccc43)cc2)cc1.c1ccc(-c2nc(-c3ccc(-n4c5ccccc5c5ccccc54)cc3)nc(-c3ccc(-n4c5ccccc5c5ccccc54)cc3)n2)cc1.c1ccc2c(c1)c1ccccc1n2-c1ccc(-c2cnc(-c3ccc(-n4c5ccccc5c5ccccc54)cc3)nc2)cc1. The highest BCUT2D eigenvalue weighted by Crippen LogP contribution is 2.43. The van der Waals surface area contributed by atoms with Crippen LogP contribution in [0.2, 0.25) is 0 Å². The van der Waals surface area contributed by atoms with Crippen molar-refractivity contribution in [3.63, 3.8) is 0 Å². The lowest BCUT2D eigenvalue weighted by Crippen LogP contribution is -2.01. The van der Waals surface area contributed by atoms with E-state index in [1.54, 1.807) is 0 Å². The van der Waals surface area contributed by atoms with Gasteiger partial charge in [0.1, 0.15) is 0 Å². The molecular formula is C132H86N12. The molecule has 0 amide bonds. The summed E-state index contributed by atoms with van der Waals surface area (Å²) in [5.41, 5.74) is 33.3. The summed E-state index contributed by atoms with van der Waals surface area (Å²) >= 11 is 0. The second kappa shape index (κ2) is 35.5. The normalized spacial score (nSPS) is 11.6. The molecule has 0 spiro atoms. The molecule has 0 saturated heterocycles. The molecule has 20 aromatic carbocycles. The number of para-hydroxylation sites is 12. The van der Waals surface area contributed by atoms with Crippen molar-refractivity contribution in [2.45, 2.75) is 0 Å². The molecule has 0 bridgehead atoms. The largest absolute Gasteiger partial charge is 0.309 e. The Bertz CT molecular complexity index is 9300. The zero-order valence-corrected chi connectivity index (χ0v) is 78.0. The van der Waals surface area contributed by atoms with Crippen molar-refractivity contribution >= 4 is 131 Å². The Kier molecular flexibility index (Phi) is 20.6. The molecule has 0 radical (unpaired) electrons. The number of pyridine rings is 1. The van der Waals surface area contributed by atoms with Crippen LogP contribution in [0.3, 0.4) is 0 Å². The van der Waals surface area contributed by atoms with Crippen LogP contribution in [0.25, 0.3) is 255 Å². The maximum Gasteiger partial charge on any atom is 0.164 e. The highest BCUT2D eigenvalue weighted by Gasteiger charge is 2.23. The van der Waals surface area contributed by atoms with Crippen molar-refractivity contribution < 1.29 is 0 Å². The Morgan fingerprint density at radius 2 is 0.319 bits per heavy atom. The second-order valence-electron chi connectivity index (χ2n) is 36.4. The molecule has 0 N–H and O–H groups in total. The smallest absolute Gasteiger partial charge is 0.164 e. The summed E-state index contributed by atoms with van der Waals surface area (Å²) in [6, 6.07) is 180. The Hall–Kier alpha value is -19.6. The zero-order valence-electron chi connectivity index (χ0n) is 78.0. The maximum absolute atomic E-state index is 5.32. The lowest BCUT2D eigenvalue weighted by atomic mass is 9.97. The molecule has 674 valence electrons. The topological polar surface area (TPSA) is 107 Å². The van der Waals surface area contributed by atoms with Gasteiger partial charge >= 0.3 is 0 Å². The van der Waals surface area contributed by atoms with Crippen molar-refractivity contribution in [3.8, 4) is 124 Å². The number of nitrogens with zero attached hydrogens (tertiary/aromatic N) is 12. The number of fused-ring (bicyclic) bond motifs is 18. The van der Waals surface area contributed by atoms with Crippen molar-refractivity contribution in [1.82, 2.24) is 57.3 Å². The van der Waals surface area contributed by atoms with Crippen molar-refractivity contribution in [1.29, 1.82) is 0 Å².